The maximum atomic E-state index is 5.34. The SMILES string of the molecule is COCCCc1nc(=S)c2c([nH]1)CCCC2. The molecule has 0 spiro atoms. The summed E-state index contributed by atoms with van der Waals surface area (Å²) in [4.78, 5) is 7.89. The molecule has 0 aliphatic heterocycles. The third-order valence-corrected chi connectivity index (χ3v) is 3.36. The third-order valence-electron chi connectivity index (χ3n) is 3.02. The van der Waals surface area contributed by atoms with Crippen molar-refractivity contribution in [3.05, 3.63) is 21.7 Å². The van der Waals surface area contributed by atoms with Crippen LogP contribution in [0.25, 0.3) is 0 Å². The predicted molar refractivity (Wildman–Crippen MR) is 66.3 cm³/mol. The second kappa shape index (κ2) is 5.55. The summed E-state index contributed by atoms with van der Waals surface area (Å²) in [7, 11) is 1.72. The van der Waals surface area contributed by atoms with Crippen LogP contribution in [-0.4, -0.2) is 23.7 Å². The van der Waals surface area contributed by atoms with E-state index in [2.05, 4.69) is 9.97 Å². The number of aromatic nitrogens is 2. The second-order valence-corrected chi connectivity index (χ2v) is 4.64. The number of aryl methyl sites for hydroxylation is 2. The molecule has 2 rings (SSSR count). The minimum Gasteiger partial charge on any atom is -0.385 e. The van der Waals surface area contributed by atoms with Crippen LogP contribution < -0.4 is 0 Å². The smallest absolute Gasteiger partial charge is 0.133 e. The molecular weight excluding hydrogens is 220 g/mol. The van der Waals surface area contributed by atoms with Gasteiger partial charge in [-0.25, -0.2) is 4.98 Å². The molecule has 0 atom stereocenters. The summed E-state index contributed by atoms with van der Waals surface area (Å²) in [6, 6.07) is 0. The summed E-state index contributed by atoms with van der Waals surface area (Å²) < 4.78 is 5.85. The van der Waals surface area contributed by atoms with Crippen LogP contribution in [0.3, 0.4) is 0 Å². The first-order chi connectivity index (χ1) is 7.81. The highest BCUT2D eigenvalue weighted by atomic mass is 32.1. The molecule has 0 bridgehead atoms. The largest absolute Gasteiger partial charge is 0.385 e. The van der Waals surface area contributed by atoms with Gasteiger partial charge < -0.3 is 9.72 Å². The number of fused-ring (bicyclic) bond motifs is 1. The van der Waals surface area contributed by atoms with E-state index in [1.165, 1.54) is 24.1 Å². The van der Waals surface area contributed by atoms with Gasteiger partial charge in [0.05, 0.1) is 0 Å². The summed E-state index contributed by atoms with van der Waals surface area (Å²) >= 11 is 5.34. The van der Waals surface area contributed by atoms with Crippen molar-refractivity contribution in [3.63, 3.8) is 0 Å². The summed E-state index contributed by atoms with van der Waals surface area (Å²) in [6.07, 6.45) is 6.64. The van der Waals surface area contributed by atoms with Gasteiger partial charge in [-0.1, -0.05) is 12.2 Å². The molecule has 1 N–H and O–H groups in total. The molecule has 88 valence electrons. The lowest BCUT2D eigenvalue weighted by Crippen LogP contribution is -2.10. The van der Waals surface area contributed by atoms with Gasteiger partial charge in [0.1, 0.15) is 10.5 Å². The average Bonchev–Trinajstić information content (AvgIpc) is 2.30. The molecule has 1 aromatic heterocycles. The van der Waals surface area contributed by atoms with E-state index < -0.39 is 0 Å². The Balaban J connectivity index is 2.15. The lowest BCUT2D eigenvalue weighted by molar-refractivity contribution is 0.194. The van der Waals surface area contributed by atoms with Gasteiger partial charge in [-0.2, -0.15) is 0 Å². The molecule has 0 aromatic carbocycles. The van der Waals surface area contributed by atoms with Crippen molar-refractivity contribution in [2.24, 2.45) is 0 Å². The quantitative estimate of drug-likeness (QED) is 0.647. The van der Waals surface area contributed by atoms with Crippen LogP contribution >= 0.6 is 12.2 Å². The second-order valence-electron chi connectivity index (χ2n) is 4.25. The fraction of sp³-hybridized carbons (Fsp3) is 0.667. The number of methoxy groups -OCH3 is 1. The molecule has 1 aromatic rings. The standard InChI is InChI=1S/C12H18N2OS/c1-15-8-4-7-11-13-10-6-3-2-5-9(10)12(16)14-11/h2-8H2,1H3,(H,13,14,16). The van der Waals surface area contributed by atoms with Gasteiger partial charge in [-0.3, -0.25) is 0 Å². The number of rotatable bonds is 4. The van der Waals surface area contributed by atoms with E-state index in [0.29, 0.717) is 0 Å². The zero-order valence-electron chi connectivity index (χ0n) is 9.71. The molecule has 0 unspecified atom stereocenters. The highest BCUT2D eigenvalue weighted by molar-refractivity contribution is 7.71. The molecule has 1 heterocycles. The summed E-state index contributed by atoms with van der Waals surface area (Å²) in [5.41, 5.74) is 2.59. The molecule has 0 saturated heterocycles. The molecular formula is C12H18N2OS. The lowest BCUT2D eigenvalue weighted by atomic mass is 9.97. The molecule has 0 saturated carbocycles. The average molecular weight is 238 g/mol. The van der Waals surface area contributed by atoms with Gasteiger partial charge in [0.15, 0.2) is 0 Å². The molecule has 0 amide bonds. The van der Waals surface area contributed by atoms with Gasteiger partial charge in [0.25, 0.3) is 0 Å². The maximum Gasteiger partial charge on any atom is 0.133 e. The van der Waals surface area contributed by atoms with Crippen LogP contribution in [0.2, 0.25) is 0 Å². The van der Waals surface area contributed by atoms with Gasteiger partial charge in [-0.05, 0) is 32.1 Å². The van der Waals surface area contributed by atoms with Crippen LogP contribution in [0.4, 0.5) is 0 Å². The summed E-state index contributed by atoms with van der Waals surface area (Å²) in [5, 5.41) is 0. The van der Waals surface area contributed by atoms with E-state index in [1.807, 2.05) is 0 Å². The molecule has 1 aliphatic carbocycles. The number of ether oxygens (including phenoxy) is 1. The number of nitrogens with one attached hydrogen (secondary N) is 1. The Morgan fingerprint density at radius 3 is 3.00 bits per heavy atom. The van der Waals surface area contributed by atoms with Crippen molar-refractivity contribution < 1.29 is 4.74 Å². The van der Waals surface area contributed by atoms with Gasteiger partial charge in [-0.15, -0.1) is 0 Å². The third kappa shape index (κ3) is 2.68. The number of hydrogen-bond donors (Lipinski definition) is 1. The van der Waals surface area contributed by atoms with Crippen molar-refractivity contribution in [2.45, 2.75) is 38.5 Å². The Morgan fingerprint density at radius 2 is 2.19 bits per heavy atom. The first-order valence-electron chi connectivity index (χ1n) is 5.91. The van der Waals surface area contributed by atoms with Crippen molar-refractivity contribution >= 4 is 12.2 Å². The lowest BCUT2D eigenvalue weighted by Gasteiger charge is -2.16. The van der Waals surface area contributed by atoms with Gasteiger partial charge >= 0.3 is 0 Å². The van der Waals surface area contributed by atoms with Crippen molar-refractivity contribution in [2.75, 3.05) is 13.7 Å². The Kier molecular flexibility index (Phi) is 4.07. The molecule has 0 fully saturated rings. The monoisotopic (exact) mass is 238 g/mol. The fourth-order valence-electron chi connectivity index (χ4n) is 2.17. The van der Waals surface area contributed by atoms with Crippen LogP contribution in [0.1, 0.15) is 36.3 Å². The van der Waals surface area contributed by atoms with E-state index in [-0.39, 0.29) is 0 Å². The Hall–Kier alpha value is -0.740. The van der Waals surface area contributed by atoms with Crippen LogP contribution in [-0.2, 0) is 24.0 Å². The maximum absolute atomic E-state index is 5.34. The molecule has 0 radical (unpaired) electrons. The molecule has 4 heteroatoms. The van der Waals surface area contributed by atoms with E-state index >= 15 is 0 Å². The number of nitrogens with zero attached hydrogens (tertiary/aromatic N) is 1. The van der Waals surface area contributed by atoms with Crippen molar-refractivity contribution in [1.29, 1.82) is 0 Å². The highest BCUT2D eigenvalue weighted by Crippen LogP contribution is 2.20. The molecule has 1 aliphatic rings. The summed E-state index contributed by atoms with van der Waals surface area (Å²) in [5.74, 6) is 1.02. The summed E-state index contributed by atoms with van der Waals surface area (Å²) in [6.45, 7) is 0.777. The zero-order valence-corrected chi connectivity index (χ0v) is 10.5. The Labute approximate surface area is 101 Å². The molecule has 16 heavy (non-hydrogen) atoms. The normalized spacial score (nSPS) is 14.8. The number of aromatic amines is 1. The minimum absolute atomic E-state index is 0.777. The van der Waals surface area contributed by atoms with Crippen molar-refractivity contribution in [3.8, 4) is 0 Å². The van der Waals surface area contributed by atoms with E-state index in [4.69, 9.17) is 17.0 Å². The highest BCUT2D eigenvalue weighted by Gasteiger charge is 2.12. The van der Waals surface area contributed by atoms with E-state index in [1.54, 1.807) is 7.11 Å². The van der Waals surface area contributed by atoms with Crippen LogP contribution in [0, 0.1) is 4.64 Å². The van der Waals surface area contributed by atoms with Crippen LogP contribution in [0.5, 0.6) is 0 Å². The predicted octanol–water partition coefficient (Wildman–Crippen LogP) is 2.60. The van der Waals surface area contributed by atoms with Crippen molar-refractivity contribution in [1.82, 2.24) is 9.97 Å². The van der Waals surface area contributed by atoms with Gasteiger partial charge in [0.2, 0.25) is 0 Å². The minimum atomic E-state index is 0.777. The number of H-pyrrole nitrogens is 1. The van der Waals surface area contributed by atoms with E-state index in [9.17, 15) is 0 Å². The van der Waals surface area contributed by atoms with Gasteiger partial charge in [0, 0.05) is 31.4 Å². The zero-order chi connectivity index (χ0) is 11.4. The Bertz CT molecular complexity index is 414. The fourth-order valence-corrected chi connectivity index (χ4v) is 2.51. The van der Waals surface area contributed by atoms with E-state index in [0.717, 1.165) is 42.8 Å². The molecule has 3 nitrogen and oxygen atoms in total. The first-order valence-corrected chi connectivity index (χ1v) is 6.32. The topological polar surface area (TPSA) is 37.9 Å². The number of hydrogen-bond acceptors (Lipinski definition) is 3. The van der Waals surface area contributed by atoms with Crippen LogP contribution in [0.15, 0.2) is 0 Å². The first kappa shape index (κ1) is 11.7. The Morgan fingerprint density at radius 1 is 1.38 bits per heavy atom.